The zero-order valence-electron chi connectivity index (χ0n) is 46.5. The van der Waals surface area contributed by atoms with Crippen LogP contribution in [0.15, 0.2) is 274 Å². The Kier molecular flexibility index (Phi) is 11.6. The molecule has 0 aliphatic heterocycles. The van der Waals surface area contributed by atoms with Gasteiger partial charge >= 0.3 is 0 Å². The lowest BCUT2D eigenvalue weighted by atomic mass is 9.75. The van der Waals surface area contributed by atoms with Crippen LogP contribution >= 0.6 is 27.5 Å². The Morgan fingerprint density at radius 1 is 0.381 bits per heavy atom. The highest BCUT2D eigenvalue weighted by Gasteiger charge is 2.42. The molecule has 0 fully saturated rings. The van der Waals surface area contributed by atoms with Crippen LogP contribution in [0.2, 0.25) is 5.02 Å². The minimum Gasteiger partial charge on any atom is -0.456 e. The van der Waals surface area contributed by atoms with Gasteiger partial charge in [-0.25, -0.2) is 0 Å². The van der Waals surface area contributed by atoms with E-state index in [0.717, 1.165) is 88.0 Å². The molecule has 0 N–H and O–H groups in total. The smallest absolute Gasteiger partial charge is 0.154 e. The number of anilines is 6. The number of fused-ring (bicyclic) bond motifs is 12. The Bertz CT molecular complexity index is 4950. The van der Waals surface area contributed by atoms with Crippen LogP contribution in [0.25, 0.3) is 88.4 Å². The van der Waals surface area contributed by atoms with Crippen molar-refractivity contribution in [2.24, 2.45) is 0 Å². The molecule has 1 atom stereocenters. The standard InChI is InChI=1S/C78H54BrClN2O2/c1-77(2)64-22-12-10-20-60(64)73-66(77)24-14-26-68(73)81(54-34-28-50(29-35-54)48-16-6-4-7-17-48)57-39-43-71-63(46-57)59-40-32-52(75(80)76(59)84-71)47-78(3)65-23-13-11-21-61(65)74-67(78)25-15-27-69(74)82(55-36-30-51(31-37-55)49-18-8-5-9-19-49)56-38-42-70-62(45-56)58-41-33-53(79)44-72(58)83-70/h4-46H,47H2,1-3H3. The van der Waals surface area contributed by atoms with E-state index in [9.17, 15) is 0 Å². The van der Waals surface area contributed by atoms with Crippen molar-refractivity contribution in [1.29, 1.82) is 0 Å². The molecule has 14 aromatic rings. The lowest BCUT2D eigenvalue weighted by Gasteiger charge is -2.30. The van der Waals surface area contributed by atoms with Crippen LogP contribution in [0.5, 0.6) is 0 Å². The van der Waals surface area contributed by atoms with Crippen molar-refractivity contribution in [3.8, 4) is 44.5 Å². The summed E-state index contributed by atoms with van der Waals surface area (Å²) in [6.07, 6.45) is 0.648. The van der Waals surface area contributed by atoms with Crippen molar-refractivity contribution in [3.63, 3.8) is 0 Å². The molecular weight excluding hydrogens is 1110 g/mol. The highest BCUT2D eigenvalue weighted by atomic mass is 79.9. The van der Waals surface area contributed by atoms with Crippen LogP contribution in [0.3, 0.4) is 0 Å². The number of furan rings is 2. The maximum atomic E-state index is 7.77. The van der Waals surface area contributed by atoms with E-state index in [-0.39, 0.29) is 5.41 Å². The van der Waals surface area contributed by atoms with Gasteiger partial charge in [0, 0.05) is 70.7 Å². The molecule has 16 rings (SSSR count). The second-order valence-corrected chi connectivity index (χ2v) is 24.5. The second kappa shape index (κ2) is 19.4. The van der Waals surface area contributed by atoms with Crippen molar-refractivity contribution < 1.29 is 8.83 Å². The molecule has 2 aromatic heterocycles. The SMILES string of the molecule is CC1(C)c2ccccc2-c2c(N(c3ccc(-c4ccccc4)cc3)c3ccc4oc5c(Cl)c(CC6(C)c7ccccc7-c7c(N(c8ccc(-c9ccccc9)cc8)c8ccc9oc%10cc(Br)ccc%10c9c8)cccc76)ccc5c4c3)cccc21. The van der Waals surface area contributed by atoms with Gasteiger partial charge in [0.25, 0.3) is 0 Å². The molecular formula is C78H54BrClN2O2. The van der Waals surface area contributed by atoms with Gasteiger partial charge in [0.2, 0.25) is 0 Å². The molecule has 0 amide bonds. The van der Waals surface area contributed by atoms with Gasteiger partial charge in [0.05, 0.1) is 16.4 Å². The minimum absolute atomic E-state index is 0.160. The Labute approximate surface area is 501 Å². The maximum Gasteiger partial charge on any atom is 0.154 e. The highest BCUT2D eigenvalue weighted by Crippen LogP contribution is 2.58. The largest absolute Gasteiger partial charge is 0.456 e. The zero-order valence-corrected chi connectivity index (χ0v) is 48.8. The van der Waals surface area contributed by atoms with Gasteiger partial charge in [-0.15, -0.1) is 0 Å². The molecule has 1 unspecified atom stereocenters. The highest BCUT2D eigenvalue weighted by molar-refractivity contribution is 9.10. The molecule has 84 heavy (non-hydrogen) atoms. The fourth-order valence-corrected chi connectivity index (χ4v) is 14.6. The van der Waals surface area contributed by atoms with Gasteiger partial charge in [0.15, 0.2) is 5.58 Å². The van der Waals surface area contributed by atoms with E-state index in [4.69, 9.17) is 20.4 Å². The van der Waals surface area contributed by atoms with E-state index in [1.165, 1.54) is 61.2 Å². The van der Waals surface area contributed by atoms with E-state index in [1.54, 1.807) is 0 Å². The summed E-state index contributed by atoms with van der Waals surface area (Å²) in [6, 6.07) is 94.4. The summed E-state index contributed by atoms with van der Waals surface area (Å²) >= 11 is 11.4. The van der Waals surface area contributed by atoms with Crippen LogP contribution in [-0.4, -0.2) is 0 Å². The van der Waals surface area contributed by atoms with Crippen molar-refractivity contribution >= 4 is 106 Å². The molecule has 0 radical (unpaired) electrons. The van der Waals surface area contributed by atoms with E-state index in [2.05, 4.69) is 301 Å². The molecule has 4 nitrogen and oxygen atoms in total. The first-order chi connectivity index (χ1) is 41.1. The molecule has 2 aliphatic rings. The maximum absolute atomic E-state index is 7.77. The fourth-order valence-electron chi connectivity index (χ4n) is 14.0. The first kappa shape index (κ1) is 50.3. The topological polar surface area (TPSA) is 32.8 Å². The van der Waals surface area contributed by atoms with Gasteiger partial charge < -0.3 is 18.6 Å². The monoisotopic (exact) mass is 1160 g/mol. The summed E-state index contributed by atoms with van der Waals surface area (Å²) in [7, 11) is 0. The first-order valence-electron chi connectivity index (χ1n) is 28.7. The Morgan fingerprint density at radius 3 is 1.48 bits per heavy atom. The van der Waals surface area contributed by atoms with Crippen LogP contribution in [-0.2, 0) is 17.3 Å². The average Bonchev–Trinajstić information content (AvgIpc) is 1.75. The molecule has 0 bridgehead atoms. The van der Waals surface area contributed by atoms with Gasteiger partial charge in [-0.05, 0) is 159 Å². The van der Waals surface area contributed by atoms with Crippen LogP contribution in [0, 0.1) is 0 Å². The Hall–Kier alpha value is -9.39. The number of halogens is 2. The van der Waals surface area contributed by atoms with E-state index in [0.29, 0.717) is 17.0 Å². The molecule has 6 heteroatoms. The third-order valence-corrected chi connectivity index (χ3v) is 19.0. The van der Waals surface area contributed by atoms with Crippen molar-refractivity contribution in [1.82, 2.24) is 0 Å². The minimum atomic E-state index is -0.459. The number of rotatable bonds is 10. The molecule has 2 aliphatic carbocycles. The number of hydrogen-bond donors (Lipinski definition) is 0. The summed E-state index contributed by atoms with van der Waals surface area (Å²) in [4.78, 5) is 4.84. The van der Waals surface area contributed by atoms with Gasteiger partial charge in [-0.1, -0.05) is 218 Å². The summed E-state index contributed by atoms with van der Waals surface area (Å²) in [5.41, 5.74) is 24.8. The second-order valence-electron chi connectivity index (χ2n) is 23.2. The number of benzene rings is 12. The van der Waals surface area contributed by atoms with Crippen LogP contribution in [0.4, 0.5) is 34.1 Å². The lowest BCUT2D eigenvalue weighted by Crippen LogP contribution is -2.24. The quantitative estimate of drug-likeness (QED) is 0.137. The lowest BCUT2D eigenvalue weighted by molar-refractivity contribution is 0.582. The molecule has 0 saturated carbocycles. The van der Waals surface area contributed by atoms with E-state index < -0.39 is 5.41 Å². The van der Waals surface area contributed by atoms with Gasteiger partial charge in [-0.3, -0.25) is 0 Å². The molecule has 0 saturated heterocycles. The van der Waals surface area contributed by atoms with E-state index in [1.807, 2.05) is 6.07 Å². The predicted octanol–water partition coefficient (Wildman–Crippen LogP) is 23.0. The third kappa shape index (κ3) is 7.86. The van der Waals surface area contributed by atoms with Crippen LogP contribution in [0.1, 0.15) is 48.6 Å². The van der Waals surface area contributed by atoms with Crippen LogP contribution < -0.4 is 9.80 Å². The summed E-state index contributed by atoms with van der Waals surface area (Å²) in [5, 5.41) is 4.75. The van der Waals surface area contributed by atoms with Crippen molar-refractivity contribution in [2.45, 2.75) is 38.0 Å². The third-order valence-electron chi connectivity index (χ3n) is 18.1. The van der Waals surface area contributed by atoms with Gasteiger partial charge in [0.1, 0.15) is 16.7 Å². The summed E-state index contributed by atoms with van der Waals surface area (Å²) in [5.74, 6) is 0. The zero-order chi connectivity index (χ0) is 56.4. The average molecular weight is 1170 g/mol. The number of hydrogen-bond acceptors (Lipinski definition) is 4. The molecule has 12 aromatic carbocycles. The van der Waals surface area contributed by atoms with Crippen molar-refractivity contribution in [3.05, 3.63) is 298 Å². The normalized spacial score (nSPS) is 14.7. The van der Waals surface area contributed by atoms with E-state index >= 15 is 0 Å². The predicted molar refractivity (Wildman–Crippen MR) is 354 cm³/mol. The molecule has 0 spiro atoms. The molecule has 2 heterocycles. The Balaban J connectivity index is 0.810. The summed E-state index contributed by atoms with van der Waals surface area (Å²) < 4.78 is 14.3. The summed E-state index contributed by atoms with van der Waals surface area (Å²) in [6.45, 7) is 7.07. The first-order valence-corrected chi connectivity index (χ1v) is 29.9. The fraction of sp³-hybridized carbons (Fsp3) is 0.0769. The molecule has 402 valence electrons. The van der Waals surface area contributed by atoms with Crippen molar-refractivity contribution in [2.75, 3.05) is 9.80 Å². The Morgan fingerprint density at radius 2 is 0.857 bits per heavy atom. The number of nitrogens with zero attached hydrogens (tertiary/aromatic N) is 2. The van der Waals surface area contributed by atoms with Gasteiger partial charge in [-0.2, -0.15) is 0 Å².